The predicted molar refractivity (Wildman–Crippen MR) is 157 cm³/mol. The van der Waals surface area contributed by atoms with Gasteiger partial charge in [0.2, 0.25) is 21.8 Å². The van der Waals surface area contributed by atoms with Crippen LogP contribution >= 0.6 is 11.6 Å². The number of carbonyl (C=O) groups is 2. The monoisotopic (exact) mass is 585 g/mol. The van der Waals surface area contributed by atoms with Crippen LogP contribution in [0.15, 0.2) is 83.8 Å². The molecule has 0 unspecified atom stereocenters. The van der Waals surface area contributed by atoms with E-state index in [2.05, 4.69) is 5.32 Å². The third kappa shape index (κ3) is 8.30. The maximum atomic E-state index is 13.9. The molecule has 3 rings (SSSR count). The van der Waals surface area contributed by atoms with Crippen molar-refractivity contribution in [2.45, 2.75) is 50.2 Å². The summed E-state index contributed by atoms with van der Waals surface area (Å²) >= 11 is 5.93. The summed E-state index contributed by atoms with van der Waals surface area (Å²) < 4.78 is 32.8. The molecule has 10 heteroatoms. The molecule has 0 heterocycles. The maximum Gasteiger partial charge on any atom is 0.243 e. The van der Waals surface area contributed by atoms with Crippen molar-refractivity contribution >= 4 is 33.4 Å². The fourth-order valence-electron chi connectivity index (χ4n) is 4.12. The topological polar surface area (TPSA) is 96.0 Å². The van der Waals surface area contributed by atoms with Crippen LogP contribution < -0.4 is 10.1 Å². The van der Waals surface area contributed by atoms with Crippen molar-refractivity contribution in [3.63, 3.8) is 0 Å². The Labute approximate surface area is 241 Å². The lowest BCUT2D eigenvalue weighted by Crippen LogP contribution is -2.54. The molecule has 0 aromatic heterocycles. The van der Waals surface area contributed by atoms with Gasteiger partial charge in [-0.05, 0) is 60.9 Å². The number of carbonyl (C=O) groups excluding carboxylic acids is 2. The zero-order valence-electron chi connectivity index (χ0n) is 23.2. The molecular formula is C30H36ClN3O5S. The third-order valence-electron chi connectivity index (χ3n) is 6.64. The van der Waals surface area contributed by atoms with Crippen LogP contribution in [0.1, 0.15) is 31.4 Å². The summed E-state index contributed by atoms with van der Waals surface area (Å²) in [5.74, 6) is -0.211. The Morgan fingerprint density at radius 3 is 2.25 bits per heavy atom. The maximum absolute atomic E-state index is 13.9. The van der Waals surface area contributed by atoms with Crippen LogP contribution in [-0.4, -0.2) is 62.2 Å². The summed E-state index contributed by atoms with van der Waals surface area (Å²) in [6.45, 7) is 3.48. The van der Waals surface area contributed by atoms with Crippen LogP contribution in [0.2, 0.25) is 5.02 Å². The molecule has 0 aliphatic heterocycles. The van der Waals surface area contributed by atoms with Crippen molar-refractivity contribution in [2.75, 3.05) is 20.7 Å². The first-order valence-electron chi connectivity index (χ1n) is 13.0. The van der Waals surface area contributed by atoms with Crippen LogP contribution in [-0.2, 0) is 32.6 Å². The summed E-state index contributed by atoms with van der Waals surface area (Å²) in [5, 5.41) is 3.41. The molecule has 0 bridgehead atoms. The van der Waals surface area contributed by atoms with E-state index in [4.69, 9.17) is 16.3 Å². The lowest BCUT2D eigenvalue weighted by molar-refractivity contribution is -0.141. The first-order valence-corrected chi connectivity index (χ1v) is 14.9. The van der Waals surface area contributed by atoms with E-state index in [0.29, 0.717) is 10.8 Å². The summed E-state index contributed by atoms with van der Waals surface area (Å²) in [5.41, 5.74) is 1.61. The number of rotatable bonds is 13. The second-order valence-electron chi connectivity index (χ2n) is 9.61. The summed E-state index contributed by atoms with van der Waals surface area (Å²) in [4.78, 5) is 29.0. The number of nitrogens with one attached hydrogen (secondary N) is 1. The minimum atomic E-state index is -3.99. The first kappa shape index (κ1) is 31.1. The molecule has 0 spiro atoms. The highest BCUT2D eigenvalue weighted by Crippen LogP contribution is 2.21. The number of halogens is 1. The Morgan fingerprint density at radius 2 is 1.62 bits per heavy atom. The number of hydrogen-bond acceptors (Lipinski definition) is 5. The van der Waals surface area contributed by atoms with E-state index in [1.54, 1.807) is 25.3 Å². The second-order valence-corrected chi connectivity index (χ2v) is 12.1. The van der Waals surface area contributed by atoms with Gasteiger partial charge in [0.1, 0.15) is 11.8 Å². The minimum absolute atomic E-state index is 0.0156. The molecule has 0 fully saturated rings. The van der Waals surface area contributed by atoms with Crippen molar-refractivity contribution in [1.82, 2.24) is 14.5 Å². The molecule has 3 aromatic carbocycles. The first-order chi connectivity index (χ1) is 19.0. The lowest BCUT2D eigenvalue weighted by Gasteiger charge is -2.33. The smallest absolute Gasteiger partial charge is 0.243 e. The molecule has 0 aliphatic carbocycles. The third-order valence-corrected chi connectivity index (χ3v) is 8.71. The van der Waals surface area contributed by atoms with Gasteiger partial charge in [0.15, 0.2) is 0 Å². The second kappa shape index (κ2) is 14.3. The number of sulfonamides is 1. The van der Waals surface area contributed by atoms with E-state index in [1.165, 1.54) is 36.2 Å². The number of nitrogens with zero attached hydrogens (tertiary/aromatic N) is 2. The molecule has 2 amide bonds. The molecule has 3 aromatic rings. The van der Waals surface area contributed by atoms with E-state index < -0.39 is 28.5 Å². The van der Waals surface area contributed by atoms with Gasteiger partial charge in [-0.1, -0.05) is 61.0 Å². The van der Waals surface area contributed by atoms with E-state index in [-0.39, 0.29) is 29.8 Å². The highest BCUT2D eigenvalue weighted by atomic mass is 35.5. The average molecular weight is 586 g/mol. The number of methoxy groups -OCH3 is 1. The van der Waals surface area contributed by atoms with Gasteiger partial charge in [-0.2, -0.15) is 4.31 Å². The standard InChI is InChI=1S/C30H36ClN3O5S/c1-5-22(2)32-30(36)28(19-23-10-7-6-8-11-23)34(20-24-12-9-13-26(18-24)39-4)29(35)21-33(3)40(37,38)27-16-14-25(31)15-17-27/h6-18,22,28H,5,19-21H2,1-4H3,(H,32,36)/t22-,28-/m1/s1. The van der Waals surface area contributed by atoms with Crippen molar-refractivity contribution in [3.05, 3.63) is 95.0 Å². The van der Waals surface area contributed by atoms with Crippen LogP contribution in [0.3, 0.4) is 0 Å². The molecule has 1 N–H and O–H groups in total. The van der Waals surface area contributed by atoms with E-state index in [9.17, 15) is 18.0 Å². The van der Waals surface area contributed by atoms with Gasteiger partial charge >= 0.3 is 0 Å². The van der Waals surface area contributed by atoms with Crippen LogP contribution in [0.5, 0.6) is 5.75 Å². The summed E-state index contributed by atoms with van der Waals surface area (Å²) in [6.07, 6.45) is 0.974. The molecule has 0 saturated carbocycles. The van der Waals surface area contributed by atoms with Gasteiger partial charge in [-0.15, -0.1) is 0 Å². The van der Waals surface area contributed by atoms with Gasteiger partial charge in [0, 0.05) is 31.1 Å². The predicted octanol–water partition coefficient (Wildman–Crippen LogP) is 4.52. The Kier molecular flexibility index (Phi) is 11.1. The van der Waals surface area contributed by atoms with Gasteiger partial charge in [-0.3, -0.25) is 9.59 Å². The van der Waals surface area contributed by atoms with Crippen LogP contribution in [0.4, 0.5) is 0 Å². The van der Waals surface area contributed by atoms with Gasteiger partial charge in [0.25, 0.3) is 0 Å². The quantitative estimate of drug-likeness (QED) is 0.318. The number of benzene rings is 3. The molecule has 40 heavy (non-hydrogen) atoms. The van der Waals surface area contributed by atoms with Gasteiger partial charge in [0.05, 0.1) is 18.6 Å². The normalized spacial score (nSPS) is 12.9. The molecule has 2 atom stereocenters. The molecular weight excluding hydrogens is 550 g/mol. The number of ether oxygens (including phenoxy) is 1. The fourth-order valence-corrected chi connectivity index (χ4v) is 5.36. The molecule has 214 valence electrons. The average Bonchev–Trinajstić information content (AvgIpc) is 2.95. The van der Waals surface area contributed by atoms with Crippen molar-refractivity contribution in [2.24, 2.45) is 0 Å². The Hall–Kier alpha value is -3.40. The van der Waals surface area contributed by atoms with Crippen LogP contribution in [0.25, 0.3) is 0 Å². The zero-order chi connectivity index (χ0) is 29.3. The van der Waals surface area contributed by atoms with E-state index in [0.717, 1.165) is 21.9 Å². The fraction of sp³-hybridized carbons (Fsp3) is 0.333. The number of amides is 2. The highest BCUT2D eigenvalue weighted by molar-refractivity contribution is 7.89. The molecule has 0 saturated heterocycles. The van der Waals surface area contributed by atoms with Gasteiger partial charge < -0.3 is 15.0 Å². The Bertz CT molecular complexity index is 1380. The van der Waals surface area contributed by atoms with E-state index >= 15 is 0 Å². The molecule has 8 nitrogen and oxygen atoms in total. The minimum Gasteiger partial charge on any atom is -0.497 e. The number of hydrogen-bond donors (Lipinski definition) is 1. The lowest BCUT2D eigenvalue weighted by atomic mass is 10.0. The Balaban J connectivity index is 1.99. The Morgan fingerprint density at radius 1 is 0.975 bits per heavy atom. The number of likely N-dealkylation sites (N-methyl/N-ethyl adjacent to an activating group) is 1. The molecule has 0 aliphatic rings. The summed E-state index contributed by atoms with van der Waals surface area (Å²) in [6, 6.07) is 21.4. The highest BCUT2D eigenvalue weighted by Gasteiger charge is 2.33. The largest absolute Gasteiger partial charge is 0.497 e. The van der Waals surface area contributed by atoms with Gasteiger partial charge in [-0.25, -0.2) is 8.42 Å². The zero-order valence-corrected chi connectivity index (χ0v) is 24.8. The van der Waals surface area contributed by atoms with Crippen molar-refractivity contribution in [3.8, 4) is 5.75 Å². The van der Waals surface area contributed by atoms with E-state index in [1.807, 2.05) is 50.2 Å². The summed E-state index contributed by atoms with van der Waals surface area (Å²) in [7, 11) is -1.09. The van der Waals surface area contributed by atoms with Crippen molar-refractivity contribution < 1.29 is 22.7 Å². The van der Waals surface area contributed by atoms with Crippen molar-refractivity contribution in [1.29, 1.82) is 0 Å². The SMILES string of the molecule is CC[C@@H](C)NC(=O)[C@@H](Cc1ccccc1)N(Cc1cccc(OC)c1)C(=O)CN(C)S(=O)(=O)c1ccc(Cl)cc1. The van der Waals surface area contributed by atoms with Crippen LogP contribution in [0, 0.1) is 0 Å². The molecule has 0 radical (unpaired) electrons.